The molecule has 156 valence electrons. The quantitative estimate of drug-likeness (QED) is 0.477. The summed E-state index contributed by atoms with van der Waals surface area (Å²) in [6.07, 6.45) is 4.26. The second kappa shape index (κ2) is 8.18. The zero-order valence-electron chi connectivity index (χ0n) is 17.5. The van der Waals surface area contributed by atoms with Gasteiger partial charge < -0.3 is 9.73 Å². The van der Waals surface area contributed by atoms with Crippen LogP contribution in [0.25, 0.3) is 16.6 Å². The summed E-state index contributed by atoms with van der Waals surface area (Å²) >= 11 is 0. The number of nitrogens with one attached hydrogen (secondary N) is 1. The van der Waals surface area contributed by atoms with Crippen molar-refractivity contribution in [2.75, 3.05) is 6.54 Å². The van der Waals surface area contributed by atoms with Gasteiger partial charge in [-0.2, -0.15) is 0 Å². The number of aromatic nitrogens is 3. The van der Waals surface area contributed by atoms with Crippen molar-refractivity contribution in [1.82, 2.24) is 19.5 Å². The Morgan fingerprint density at radius 3 is 2.87 bits per heavy atom. The molecular weight excluding hydrogens is 380 g/mol. The molecule has 0 aliphatic rings. The van der Waals surface area contributed by atoms with E-state index in [1.165, 1.54) is 20.2 Å². The highest BCUT2D eigenvalue weighted by Gasteiger charge is 2.14. The molecule has 4 rings (SSSR count). The third-order valence-electron chi connectivity index (χ3n) is 5.37. The molecule has 0 saturated heterocycles. The Bertz CT molecular complexity index is 1260. The van der Waals surface area contributed by atoms with E-state index >= 15 is 0 Å². The van der Waals surface area contributed by atoms with Crippen LogP contribution in [0.3, 0.4) is 0 Å². The Labute approximate surface area is 174 Å². The summed E-state index contributed by atoms with van der Waals surface area (Å²) in [6.45, 7) is 7.33. The summed E-state index contributed by atoms with van der Waals surface area (Å²) in [5, 5.41) is 8.22. The molecule has 3 heterocycles. The molecule has 1 aromatic carbocycles. The summed E-state index contributed by atoms with van der Waals surface area (Å²) in [5.74, 6) is 0.348. The highest BCUT2D eigenvalue weighted by atomic mass is 16.3. The zero-order valence-corrected chi connectivity index (χ0v) is 17.5. The summed E-state index contributed by atoms with van der Waals surface area (Å²) in [7, 11) is 0. The Hall–Kier alpha value is -3.35. The van der Waals surface area contributed by atoms with Crippen LogP contribution in [0.5, 0.6) is 0 Å². The Morgan fingerprint density at radius 1 is 1.27 bits per heavy atom. The smallest absolute Gasteiger partial charge is 0.350 e. The molecular formula is C23H26N4O3. The number of benzene rings is 1. The van der Waals surface area contributed by atoms with Crippen LogP contribution in [-0.2, 0) is 17.8 Å². The molecule has 0 spiro atoms. The first-order chi connectivity index (χ1) is 14.4. The first-order valence-electron chi connectivity index (χ1n) is 10.3. The van der Waals surface area contributed by atoms with Crippen molar-refractivity contribution in [3.63, 3.8) is 0 Å². The third-order valence-corrected chi connectivity index (χ3v) is 5.37. The van der Waals surface area contributed by atoms with Gasteiger partial charge in [-0.1, -0.05) is 19.9 Å². The number of fused-ring (bicyclic) bond motifs is 2. The second-order valence-electron chi connectivity index (χ2n) is 7.94. The number of hydrogen-bond donors (Lipinski definition) is 1. The molecule has 0 aliphatic heterocycles. The zero-order chi connectivity index (χ0) is 21.3. The van der Waals surface area contributed by atoms with Crippen LogP contribution in [0.2, 0.25) is 0 Å². The van der Waals surface area contributed by atoms with Gasteiger partial charge in [-0.05, 0) is 54.7 Å². The van der Waals surface area contributed by atoms with Gasteiger partial charge in [0.05, 0.1) is 12.7 Å². The van der Waals surface area contributed by atoms with Gasteiger partial charge in [-0.25, -0.2) is 9.48 Å². The molecule has 7 heteroatoms. The monoisotopic (exact) mass is 406 g/mol. The summed E-state index contributed by atoms with van der Waals surface area (Å²) < 4.78 is 8.60. The first kappa shape index (κ1) is 19.9. The minimum atomic E-state index is -0.168. The van der Waals surface area contributed by atoms with Crippen molar-refractivity contribution in [1.29, 1.82) is 0 Å². The average Bonchev–Trinajstić information content (AvgIpc) is 3.25. The molecule has 0 atom stereocenters. The van der Waals surface area contributed by atoms with E-state index in [0.717, 1.165) is 16.5 Å². The van der Waals surface area contributed by atoms with Crippen LogP contribution >= 0.6 is 0 Å². The van der Waals surface area contributed by atoms with Crippen molar-refractivity contribution < 1.29 is 9.21 Å². The lowest BCUT2D eigenvalue weighted by Gasteiger charge is -2.10. The fraction of sp³-hybridized carbons (Fsp3) is 0.348. The molecule has 0 radical (unpaired) electrons. The largest absolute Gasteiger partial charge is 0.464 e. The lowest BCUT2D eigenvalue weighted by molar-refractivity contribution is -0.120. The van der Waals surface area contributed by atoms with E-state index in [9.17, 15) is 9.59 Å². The SMILES string of the molecule is Cc1cc2occ(CC(=O)NCCCn3nc4ccccn4c3=O)c2cc1C(C)C. The number of nitrogens with zero attached hydrogens (tertiary/aromatic N) is 3. The van der Waals surface area contributed by atoms with Crippen LogP contribution in [0.4, 0.5) is 0 Å². The number of aryl methyl sites for hydroxylation is 2. The van der Waals surface area contributed by atoms with Gasteiger partial charge in [-0.15, -0.1) is 5.10 Å². The summed E-state index contributed by atoms with van der Waals surface area (Å²) in [4.78, 5) is 24.7. The summed E-state index contributed by atoms with van der Waals surface area (Å²) in [5.41, 5.74) is 4.62. The molecule has 4 aromatic rings. The van der Waals surface area contributed by atoms with Crippen molar-refractivity contribution in [2.24, 2.45) is 0 Å². The third kappa shape index (κ3) is 3.87. The maximum Gasteiger partial charge on any atom is 0.350 e. The first-order valence-corrected chi connectivity index (χ1v) is 10.3. The van der Waals surface area contributed by atoms with E-state index in [1.54, 1.807) is 24.6 Å². The maximum absolute atomic E-state index is 12.4. The van der Waals surface area contributed by atoms with Gasteiger partial charge in [-0.3, -0.25) is 9.20 Å². The normalized spacial score (nSPS) is 11.6. The highest BCUT2D eigenvalue weighted by Crippen LogP contribution is 2.29. The highest BCUT2D eigenvalue weighted by molar-refractivity contribution is 5.88. The topological polar surface area (TPSA) is 81.5 Å². The summed E-state index contributed by atoms with van der Waals surface area (Å²) in [6, 6.07) is 9.61. The molecule has 0 unspecified atom stereocenters. The molecule has 1 N–H and O–H groups in total. The van der Waals surface area contributed by atoms with E-state index in [1.807, 2.05) is 12.1 Å². The molecule has 0 aliphatic carbocycles. The van der Waals surface area contributed by atoms with E-state index in [-0.39, 0.29) is 18.0 Å². The molecule has 0 bridgehead atoms. The van der Waals surface area contributed by atoms with E-state index in [2.05, 4.69) is 37.3 Å². The van der Waals surface area contributed by atoms with Crippen LogP contribution in [-0.4, -0.2) is 26.6 Å². The molecule has 30 heavy (non-hydrogen) atoms. The fourth-order valence-corrected chi connectivity index (χ4v) is 3.81. The van der Waals surface area contributed by atoms with Crippen LogP contribution in [0, 0.1) is 6.92 Å². The van der Waals surface area contributed by atoms with E-state index in [4.69, 9.17) is 4.42 Å². The Kier molecular flexibility index (Phi) is 5.44. The minimum absolute atomic E-state index is 0.0632. The van der Waals surface area contributed by atoms with Crippen LogP contribution < -0.4 is 11.0 Å². The van der Waals surface area contributed by atoms with Crippen LogP contribution in [0.1, 0.15) is 42.9 Å². The van der Waals surface area contributed by atoms with Gasteiger partial charge >= 0.3 is 5.69 Å². The van der Waals surface area contributed by atoms with Crippen molar-refractivity contribution in [3.8, 4) is 0 Å². The molecule has 3 aromatic heterocycles. The standard InChI is InChI=1S/C23H26N4O3/c1-15(2)18-13-19-17(14-30-20(19)11-16(18)3)12-22(28)24-8-6-10-27-23(29)26-9-5-4-7-21(26)25-27/h4-5,7,9,11,13-15H,6,8,10,12H2,1-3H3,(H,24,28). The molecule has 1 amide bonds. The fourth-order valence-electron chi connectivity index (χ4n) is 3.81. The van der Waals surface area contributed by atoms with Gasteiger partial charge in [0, 0.05) is 30.2 Å². The number of rotatable bonds is 7. The predicted octanol–water partition coefficient (Wildman–Crippen LogP) is 3.42. The van der Waals surface area contributed by atoms with Gasteiger partial charge in [0.25, 0.3) is 0 Å². The predicted molar refractivity (Wildman–Crippen MR) is 116 cm³/mol. The van der Waals surface area contributed by atoms with Crippen molar-refractivity contribution in [2.45, 2.75) is 46.1 Å². The number of hydrogen-bond acceptors (Lipinski definition) is 4. The van der Waals surface area contributed by atoms with Gasteiger partial charge in [0.15, 0.2) is 5.65 Å². The molecule has 7 nitrogen and oxygen atoms in total. The van der Waals surface area contributed by atoms with E-state index < -0.39 is 0 Å². The number of pyridine rings is 1. The number of amides is 1. The molecule has 0 saturated carbocycles. The maximum atomic E-state index is 12.4. The van der Waals surface area contributed by atoms with E-state index in [0.29, 0.717) is 31.1 Å². The Morgan fingerprint density at radius 2 is 2.10 bits per heavy atom. The lowest BCUT2D eigenvalue weighted by Crippen LogP contribution is -2.28. The van der Waals surface area contributed by atoms with Gasteiger partial charge in [0.2, 0.25) is 5.91 Å². The lowest BCUT2D eigenvalue weighted by atomic mass is 9.95. The number of carbonyl (C=O) groups is 1. The number of furan rings is 1. The average molecular weight is 406 g/mol. The minimum Gasteiger partial charge on any atom is -0.464 e. The van der Waals surface area contributed by atoms with Gasteiger partial charge in [0.1, 0.15) is 5.58 Å². The molecule has 0 fully saturated rings. The van der Waals surface area contributed by atoms with Crippen LogP contribution in [0.15, 0.2) is 52.0 Å². The Balaban J connectivity index is 1.35. The van der Waals surface area contributed by atoms with Crippen molar-refractivity contribution >= 4 is 22.5 Å². The second-order valence-corrected chi connectivity index (χ2v) is 7.94. The number of carbonyl (C=O) groups excluding carboxylic acids is 1. The van der Waals surface area contributed by atoms with Crippen molar-refractivity contribution in [3.05, 3.63) is 70.0 Å².